The molecule has 0 saturated carbocycles. The Labute approximate surface area is 114 Å². The van der Waals surface area contributed by atoms with Crippen LogP contribution < -0.4 is 4.74 Å². The molecule has 0 N–H and O–H groups in total. The fraction of sp³-hybridized carbons (Fsp3) is 0.625. The van der Waals surface area contributed by atoms with Crippen LogP contribution in [0.2, 0.25) is 0 Å². The van der Waals surface area contributed by atoms with E-state index in [-0.39, 0.29) is 12.4 Å². The van der Waals surface area contributed by atoms with Gasteiger partial charge in [0.05, 0.1) is 12.7 Å². The first kappa shape index (κ1) is 12.9. The van der Waals surface area contributed by atoms with E-state index in [1.165, 1.54) is 24.8 Å². The van der Waals surface area contributed by atoms with Crippen molar-refractivity contribution in [3.8, 4) is 5.75 Å². The van der Waals surface area contributed by atoms with Gasteiger partial charge in [0.2, 0.25) is 0 Å². The first-order chi connectivity index (χ1) is 9.42. The minimum atomic E-state index is -0.0729. The van der Waals surface area contributed by atoms with E-state index in [0.717, 1.165) is 38.2 Å². The Balaban J connectivity index is 1.64. The summed E-state index contributed by atoms with van der Waals surface area (Å²) in [6.45, 7) is 1.69. The van der Waals surface area contributed by atoms with Gasteiger partial charge in [-0.1, -0.05) is 12.1 Å². The molecule has 2 fully saturated rings. The van der Waals surface area contributed by atoms with Crippen LogP contribution in [-0.4, -0.2) is 19.5 Å². The third kappa shape index (κ3) is 3.48. The van der Waals surface area contributed by atoms with Crippen LogP contribution >= 0.6 is 0 Å². The lowest BCUT2D eigenvalue weighted by molar-refractivity contribution is -0.106. The van der Waals surface area contributed by atoms with Crippen molar-refractivity contribution in [1.82, 2.24) is 0 Å². The maximum Gasteiger partial charge on any atom is 0.199 e. The van der Waals surface area contributed by atoms with Gasteiger partial charge in [-0.2, -0.15) is 0 Å². The normalized spacial score (nSPS) is 28.0. The molecule has 0 aromatic heterocycles. The highest BCUT2D eigenvalue weighted by Crippen LogP contribution is 2.30. The molecule has 2 heterocycles. The van der Waals surface area contributed by atoms with Crippen LogP contribution in [0.25, 0.3) is 0 Å². The van der Waals surface area contributed by atoms with Crippen LogP contribution in [0.1, 0.15) is 50.2 Å². The summed E-state index contributed by atoms with van der Waals surface area (Å²) >= 11 is 0. The summed E-state index contributed by atoms with van der Waals surface area (Å²) in [5.74, 6) is 0.901. The van der Waals surface area contributed by atoms with E-state index in [2.05, 4.69) is 12.1 Å². The minimum Gasteiger partial charge on any atom is -0.465 e. The van der Waals surface area contributed by atoms with Crippen LogP contribution in [0.4, 0.5) is 0 Å². The van der Waals surface area contributed by atoms with Crippen LogP contribution in [0.5, 0.6) is 5.75 Å². The SMILES string of the molecule is c1cc(OC2CCCCO2)cc(C2CCCCO2)c1. The van der Waals surface area contributed by atoms with Gasteiger partial charge in [0.25, 0.3) is 0 Å². The van der Waals surface area contributed by atoms with Gasteiger partial charge in [0.15, 0.2) is 6.29 Å². The highest BCUT2D eigenvalue weighted by atomic mass is 16.7. The molecule has 2 atom stereocenters. The smallest absolute Gasteiger partial charge is 0.199 e. The average Bonchev–Trinajstić information content (AvgIpc) is 2.49. The molecule has 0 spiro atoms. The molecular formula is C16H22O3. The standard InChI is InChI=1S/C16H22O3/c1-3-10-17-15(8-1)13-6-5-7-14(12-13)19-16-9-2-4-11-18-16/h5-7,12,15-16H,1-4,8-11H2. The molecule has 1 aromatic rings. The van der Waals surface area contributed by atoms with E-state index < -0.39 is 0 Å². The molecule has 3 rings (SSSR count). The van der Waals surface area contributed by atoms with E-state index in [1.807, 2.05) is 12.1 Å². The molecule has 2 aliphatic rings. The minimum absolute atomic E-state index is 0.0729. The van der Waals surface area contributed by atoms with Crippen molar-refractivity contribution in [3.05, 3.63) is 29.8 Å². The highest BCUT2D eigenvalue weighted by Gasteiger charge is 2.18. The number of hydrogen-bond acceptors (Lipinski definition) is 3. The number of hydrogen-bond donors (Lipinski definition) is 0. The summed E-state index contributed by atoms with van der Waals surface area (Å²) in [6, 6.07) is 8.29. The van der Waals surface area contributed by atoms with E-state index >= 15 is 0 Å². The Bertz CT molecular complexity index is 393. The second kappa shape index (κ2) is 6.40. The zero-order valence-electron chi connectivity index (χ0n) is 11.3. The zero-order chi connectivity index (χ0) is 12.9. The monoisotopic (exact) mass is 262 g/mol. The maximum absolute atomic E-state index is 5.91. The quantitative estimate of drug-likeness (QED) is 0.828. The Morgan fingerprint density at radius 2 is 1.79 bits per heavy atom. The van der Waals surface area contributed by atoms with Crippen LogP contribution in [0, 0.1) is 0 Å². The Morgan fingerprint density at radius 3 is 2.53 bits per heavy atom. The maximum atomic E-state index is 5.91. The second-order valence-electron chi connectivity index (χ2n) is 5.34. The molecular weight excluding hydrogens is 240 g/mol. The summed E-state index contributed by atoms with van der Waals surface area (Å²) in [4.78, 5) is 0. The van der Waals surface area contributed by atoms with Crippen LogP contribution in [0.15, 0.2) is 24.3 Å². The average molecular weight is 262 g/mol. The van der Waals surface area contributed by atoms with Crippen LogP contribution in [0.3, 0.4) is 0 Å². The van der Waals surface area contributed by atoms with Gasteiger partial charge in [0, 0.05) is 13.0 Å². The summed E-state index contributed by atoms with van der Waals surface area (Å²) in [7, 11) is 0. The first-order valence-corrected chi connectivity index (χ1v) is 7.42. The fourth-order valence-electron chi connectivity index (χ4n) is 2.75. The number of rotatable bonds is 3. The molecule has 3 heteroatoms. The summed E-state index contributed by atoms with van der Waals surface area (Å²) in [5.41, 5.74) is 1.23. The molecule has 0 amide bonds. The molecule has 2 aliphatic heterocycles. The second-order valence-corrected chi connectivity index (χ2v) is 5.34. The lowest BCUT2D eigenvalue weighted by Gasteiger charge is -2.25. The highest BCUT2D eigenvalue weighted by molar-refractivity contribution is 5.30. The van der Waals surface area contributed by atoms with E-state index in [0.29, 0.717) is 0 Å². The first-order valence-electron chi connectivity index (χ1n) is 7.42. The molecule has 3 nitrogen and oxygen atoms in total. The van der Waals surface area contributed by atoms with Gasteiger partial charge in [-0.3, -0.25) is 0 Å². The topological polar surface area (TPSA) is 27.7 Å². The van der Waals surface area contributed by atoms with Crippen molar-refractivity contribution < 1.29 is 14.2 Å². The predicted molar refractivity (Wildman–Crippen MR) is 73.2 cm³/mol. The molecule has 1 aromatic carbocycles. The fourth-order valence-corrected chi connectivity index (χ4v) is 2.75. The Hall–Kier alpha value is -1.06. The zero-order valence-corrected chi connectivity index (χ0v) is 11.3. The molecule has 2 saturated heterocycles. The van der Waals surface area contributed by atoms with Crippen molar-refractivity contribution in [3.63, 3.8) is 0 Å². The molecule has 19 heavy (non-hydrogen) atoms. The van der Waals surface area contributed by atoms with Crippen molar-refractivity contribution in [2.45, 2.75) is 50.9 Å². The van der Waals surface area contributed by atoms with Gasteiger partial charge in [-0.15, -0.1) is 0 Å². The molecule has 104 valence electrons. The van der Waals surface area contributed by atoms with Crippen LogP contribution in [-0.2, 0) is 9.47 Å². The molecule has 2 unspecified atom stereocenters. The van der Waals surface area contributed by atoms with Gasteiger partial charge < -0.3 is 14.2 Å². The molecule has 0 bridgehead atoms. The summed E-state index contributed by atoms with van der Waals surface area (Å²) < 4.78 is 17.3. The molecule has 0 radical (unpaired) electrons. The predicted octanol–water partition coefficient (Wildman–Crippen LogP) is 3.83. The van der Waals surface area contributed by atoms with Crippen molar-refractivity contribution >= 4 is 0 Å². The van der Waals surface area contributed by atoms with Crippen molar-refractivity contribution in [2.75, 3.05) is 13.2 Å². The lowest BCUT2D eigenvalue weighted by Crippen LogP contribution is -2.25. The van der Waals surface area contributed by atoms with Gasteiger partial charge in [0.1, 0.15) is 5.75 Å². The molecule has 0 aliphatic carbocycles. The summed E-state index contributed by atoms with van der Waals surface area (Å²) in [5, 5.41) is 0. The van der Waals surface area contributed by atoms with Gasteiger partial charge >= 0.3 is 0 Å². The third-order valence-corrected chi connectivity index (χ3v) is 3.81. The Kier molecular flexibility index (Phi) is 4.36. The third-order valence-electron chi connectivity index (χ3n) is 3.81. The largest absolute Gasteiger partial charge is 0.465 e. The van der Waals surface area contributed by atoms with Gasteiger partial charge in [-0.25, -0.2) is 0 Å². The van der Waals surface area contributed by atoms with E-state index in [1.54, 1.807) is 0 Å². The van der Waals surface area contributed by atoms with E-state index in [4.69, 9.17) is 14.2 Å². The van der Waals surface area contributed by atoms with E-state index in [9.17, 15) is 0 Å². The number of benzene rings is 1. The van der Waals surface area contributed by atoms with Gasteiger partial charge in [-0.05, 0) is 49.8 Å². The summed E-state index contributed by atoms with van der Waals surface area (Å²) in [6.07, 6.45) is 7.05. The van der Waals surface area contributed by atoms with Crippen molar-refractivity contribution in [2.24, 2.45) is 0 Å². The number of ether oxygens (including phenoxy) is 3. The van der Waals surface area contributed by atoms with Crippen molar-refractivity contribution in [1.29, 1.82) is 0 Å². The lowest BCUT2D eigenvalue weighted by atomic mass is 10.0. The Morgan fingerprint density at radius 1 is 0.947 bits per heavy atom.